The number of carbonyl (C=O) groups excluding carboxylic acids is 2. The van der Waals surface area contributed by atoms with Gasteiger partial charge in [0, 0.05) is 0 Å². The lowest BCUT2D eigenvalue weighted by molar-refractivity contribution is -0.123. The van der Waals surface area contributed by atoms with E-state index in [1.165, 1.54) is 13.3 Å². The van der Waals surface area contributed by atoms with E-state index in [0.29, 0.717) is 40.7 Å². The first-order valence-electron chi connectivity index (χ1n) is 10.7. The zero-order valence-electron chi connectivity index (χ0n) is 19.0. The number of hydrogen-bond acceptors (Lipinski definition) is 7. The molecule has 1 amide bonds. The van der Waals surface area contributed by atoms with Crippen LogP contribution in [0, 0.1) is 0 Å². The number of hydrogen-bond donors (Lipinski definition) is 1. The molecule has 0 aliphatic carbocycles. The topological polar surface area (TPSA) is 95.5 Å². The number of methoxy groups -OCH3 is 1. The minimum absolute atomic E-state index is 0.210. The van der Waals surface area contributed by atoms with Crippen LogP contribution in [0.2, 0.25) is 0 Å². The lowest BCUT2D eigenvalue weighted by Crippen LogP contribution is -2.24. The molecule has 0 aromatic heterocycles. The number of nitrogens with zero attached hydrogens (tertiary/aromatic N) is 1. The van der Waals surface area contributed by atoms with Crippen LogP contribution in [-0.4, -0.2) is 38.4 Å². The number of hydrazone groups is 1. The highest BCUT2D eigenvalue weighted by Crippen LogP contribution is 2.25. The molecule has 3 rings (SSSR count). The number of carbonyl (C=O) groups is 2. The van der Waals surface area contributed by atoms with Crippen molar-refractivity contribution < 1.29 is 28.5 Å². The summed E-state index contributed by atoms with van der Waals surface area (Å²) in [6.45, 7) is 2.44. The van der Waals surface area contributed by atoms with E-state index in [9.17, 15) is 9.59 Å². The summed E-state index contributed by atoms with van der Waals surface area (Å²) < 4.78 is 21.5. The van der Waals surface area contributed by atoms with Gasteiger partial charge in [-0.1, -0.05) is 19.1 Å². The Morgan fingerprint density at radius 3 is 2.24 bits per heavy atom. The summed E-state index contributed by atoms with van der Waals surface area (Å²) in [5, 5.41) is 3.91. The maximum Gasteiger partial charge on any atom is 0.343 e. The van der Waals surface area contributed by atoms with Crippen LogP contribution in [0.4, 0.5) is 0 Å². The molecule has 0 unspecified atom stereocenters. The quantitative estimate of drug-likeness (QED) is 0.198. The first kappa shape index (κ1) is 24.3. The highest BCUT2D eigenvalue weighted by Gasteiger charge is 2.09. The fourth-order valence-corrected chi connectivity index (χ4v) is 2.79. The zero-order valence-corrected chi connectivity index (χ0v) is 19.0. The lowest BCUT2D eigenvalue weighted by Gasteiger charge is -2.09. The van der Waals surface area contributed by atoms with E-state index in [4.69, 9.17) is 18.9 Å². The van der Waals surface area contributed by atoms with Gasteiger partial charge in [-0.25, -0.2) is 10.2 Å². The van der Waals surface area contributed by atoms with Crippen molar-refractivity contribution in [1.82, 2.24) is 5.43 Å². The first-order chi connectivity index (χ1) is 16.6. The maximum absolute atomic E-state index is 12.3. The molecule has 0 saturated carbocycles. The number of amides is 1. The third kappa shape index (κ3) is 7.37. The molecule has 0 saturated heterocycles. The Bertz CT molecular complexity index is 1110. The summed E-state index contributed by atoms with van der Waals surface area (Å²) in [6.07, 6.45) is 2.39. The van der Waals surface area contributed by atoms with Gasteiger partial charge in [0.1, 0.15) is 11.5 Å². The average Bonchev–Trinajstić information content (AvgIpc) is 2.87. The third-order valence-corrected chi connectivity index (χ3v) is 4.48. The van der Waals surface area contributed by atoms with Crippen LogP contribution in [0.15, 0.2) is 77.9 Å². The smallest absolute Gasteiger partial charge is 0.343 e. The van der Waals surface area contributed by atoms with Gasteiger partial charge in [0.25, 0.3) is 5.91 Å². The van der Waals surface area contributed by atoms with Gasteiger partial charge in [-0.2, -0.15) is 5.10 Å². The van der Waals surface area contributed by atoms with Crippen molar-refractivity contribution in [3.05, 3.63) is 83.9 Å². The Labute approximate surface area is 198 Å². The number of para-hydroxylation sites is 2. The molecule has 1 N–H and O–H groups in total. The summed E-state index contributed by atoms with van der Waals surface area (Å²) in [7, 11) is 1.53. The predicted octanol–water partition coefficient (Wildman–Crippen LogP) is 4.23. The Balaban J connectivity index is 1.45. The van der Waals surface area contributed by atoms with Gasteiger partial charge >= 0.3 is 5.97 Å². The lowest BCUT2D eigenvalue weighted by atomic mass is 10.2. The van der Waals surface area contributed by atoms with E-state index in [0.717, 1.165) is 6.42 Å². The predicted molar refractivity (Wildman–Crippen MR) is 128 cm³/mol. The number of ether oxygens (including phenoxy) is 4. The van der Waals surface area contributed by atoms with Gasteiger partial charge in [-0.05, 0) is 72.6 Å². The fraction of sp³-hybridized carbons (Fsp3) is 0.192. The summed E-state index contributed by atoms with van der Waals surface area (Å²) in [5.41, 5.74) is 3.53. The standard InChI is InChI=1S/C26H26N2O6/c1-3-16-32-21-14-10-20(11-15-21)26(30)34-22-12-8-19(9-13-22)17-27-28-25(29)18-33-24-7-5-4-6-23(24)31-2/h4-15,17H,3,16,18H2,1-2H3,(H,28,29)/b27-17+. The van der Waals surface area contributed by atoms with Crippen molar-refractivity contribution in [3.63, 3.8) is 0 Å². The molecular formula is C26H26N2O6. The van der Waals surface area contributed by atoms with Crippen molar-refractivity contribution in [3.8, 4) is 23.0 Å². The third-order valence-electron chi connectivity index (χ3n) is 4.48. The minimum Gasteiger partial charge on any atom is -0.494 e. The van der Waals surface area contributed by atoms with Crippen LogP contribution in [0.3, 0.4) is 0 Å². The van der Waals surface area contributed by atoms with Crippen molar-refractivity contribution in [2.24, 2.45) is 5.10 Å². The molecule has 176 valence electrons. The van der Waals surface area contributed by atoms with Gasteiger partial charge < -0.3 is 18.9 Å². The molecule has 0 aliphatic rings. The van der Waals surface area contributed by atoms with E-state index in [1.54, 1.807) is 66.7 Å². The Hall–Kier alpha value is -4.33. The molecule has 0 atom stereocenters. The molecule has 0 heterocycles. The van der Waals surface area contributed by atoms with E-state index in [1.807, 2.05) is 13.0 Å². The second-order valence-corrected chi connectivity index (χ2v) is 7.06. The molecule has 8 nitrogen and oxygen atoms in total. The van der Waals surface area contributed by atoms with E-state index in [-0.39, 0.29) is 6.61 Å². The van der Waals surface area contributed by atoms with E-state index in [2.05, 4.69) is 10.5 Å². The SMILES string of the molecule is CCCOc1ccc(C(=O)Oc2ccc(/C=N/NC(=O)COc3ccccc3OC)cc2)cc1. The molecular weight excluding hydrogens is 436 g/mol. The van der Waals surface area contributed by atoms with Crippen LogP contribution >= 0.6 is 0 Å². The van der Waals surface area contributed by atoms with E-state index >= 15 is 0 Å². The Kier molecular flexibility index (Phi) is 9.04. The van der Waals surface area contributed by atoms with Crippen molar-refractivity contribution in [2.45, 2.75) is 13.3 Å². The average molecular weight is 463 g/mol. The van der Waals surface area contributed by atoms with Crippen LogP contribution < -0.4 is 24.4 Å². The van der Waals surface area contributed by atoms with Crippen molar-refractivity contribution >= 4 is 18.1 Å². The number of esters is 1. The summed E-state index contributed by atoms with van der Waals surface area (Å²) in [4.78, 5) is 24.3. The number of rotatable bonds is 11. The van der Waals surface area contributed by atoms with Crippen LogP contribution in [0.5, 0.6) is 23.0 Å². The Morgan fingerprint density at radius 2 is 1.56 bits per heavy atom. The van der Waals surface area contributed by atoms with Crippen LogP contribution in [0.25, 0.3) is 0 Å². The van der Waals surface area contributed by atoms with Gasteiger partial charge in [0.05, 0.1) is 25.5 Å². The highest BCUT2D eigenvalue weighted by atomic mass is 16.5. The molecule has 0 spiro atoms. The van der Waals surface area contributed by atoms with Gasteiger partial charge in [0.15, 0.2) is 18.1 Å². The molecule has 34 heavy (non-hydrogen) atoms. The highest BCUT2D eigenvalue weighted by molar-refractivity contribution is 5.91. The summed E-state index contributed by atoms with van der Waals surface area (Å²) in [6, 6.07) is 20.6. The van der Waals surface area contributed by atoms with Crippen LogP contribution in [0.1, 0.15) is 29.3 Å². The summed E-state index contributed by atoms with van der Waals surface area (Å²) >= 11 is 0. The molecule has 0 fully saturated rings. The molecule has 0 radical (unpaired) electrons. The maximum atomic E-state index is 12.3. The molecule has 8 heteroatoms. The summed E-state index contributed by atoms with van der Waals surface area (Å²) in [5.74, 6) is 1.22. The molecule has 0 aliphatic heterocycles. The molecule has 3 aromatic carbocycles. The number of benzene rings is 3. The van der Waals surface area contributed by atoms with Gasteiger partial charge in [0.2, 0.25) is 0 Å². The zero-order chi connectivity index (χ0) is 24.2. The number of nitrogens with one attached hydrogen (secondary N) is 1. The largest absolute Gasteiger partial charge is 0.494 e. The second kappa shape index (κ2) is 12.6. The van der Waals surface area contributed by atoms with Crippen molar-refractivity contribution in [1.29, 1.82) is 0 Å². The van der Waals surface area contributed by atoms with Crippen molar-refractivity contribution in [2.75, 3.05) is 20.3 Å². The van der Waals surface area contributed by atoms with Gasteiger partial charge in [-0.3, -0.25) is 4.79 Å². The monoisotopic (exact) mass is 462 g/mol. The minimum atomic E-state index is -0.467. The van der Waals surface area contributed by atoms with Crippen LogP contribution in [-0.2, 0) is 4.79 Å². The second-order valence-electron chi connectivity index (χ2n) is 7.06. The fourth-order valence-electron chi connectivity index (χ4n) is 2.79. The normalized spacial score (nSPS) is 10.5. The Morgan fingerprint density at radius 1 is 0.882 bits per heavy atom. The molecule has 3 aromatic rings. The van der Waals surface area contributed by atoms with Gasteiger partial charge in [-0.15, -0.1) is 0 Å². The first-order valence-corrected chi connectivity index (χ1v) is 10.7. The van der Waals surface area contributed by atoms with E-state index < -0.39 is 11.9 Å². The molecule has 0 bridgehead atoms.